The highest BCUT2D eigenvalue weighted by atomic mass is 19.3. The maximum absolute atomic E-state index is 13.5. The van der Waals surface area contributed by atoms with Crippen LogP contribution in [-0.4, -0.2) is 68.2 Å². The number of carbonyl (C=O) groups excluding carboxylic acids is 1. The predicted molar refractivity (Wildman–Crippen MR) is 113 cm³/mol. The molecule has 1 amide bonds. The molecule has 4 N–H and O–H groups in total. The number of aromatic nitrogens is 3. The van der Waals surface area contributed by atoms with Crippen LogP contribution in [-0.2, 0) is 0 Å². The van der Waals surface area contributed by atoms with Crippen molar-refractivity contribution in [1.82, 2.24) is 19.9 Å². The molecule has 1 aliphatic carbocycles. The van der Waals surface area contributed by atoms with Gasteiger partial charge in [0.2, 0.25) is 5.95 Å². The number of halogens is 2. The molecule has 4 atom stereocenters. The van der Waals surface area contributed by atoms with E-state index in [1.165, 1.54) is 6.20 Å². The molecular weight excluding hydrogens is 420 g/mol. The van der Waals surface area contributed by atoms with E-state index >= 15 is 0 Å². The Morgan fingerprint density at radius 1 is 1.31 bits per heavy atom. The quantitative estimate of drug-likeness (QED) is 0.614. The van der Waals surface area contributed by atoms with Crippen LogP contribution in [0.3, 0.4) is 0 Å². The highest BCUT2D eigenvalue weighted by Crippen LogP contribution is 2.53. The molecule has 3 fully saturated rings. The third-order valence-electron chi connectivity index (χ3n) is 6.61. The fourth-order valence-corrected chi connectivity index (χ4v) is 4.94. The van der Waals surface area contributed by atoms with Crippen LogP contribution >= 0.6 is 0 Å². The molecule has 5 rings (SSSR count). The summed E-state index contributed by atoms with van der Waals surface area (Å²) in [6, 6.07) is 3.59. The summed E-state index contributed by atoms with van der Waals surface area (Å²) < 4.78 is 27.0. The molecule has 2 aromatic rings. The second-order valence-corrected chi connectivity index (χ2v) is 8.84. The molecule has 2 saturated heterocycles. The van der Waals surface area contributed by atoms with Crippen LogP contribution in [0.15, 0.2) is 24.5 Å². The van der Waals surface area contributed by atoms with E-state index in [-0.39, 0.29) is 24.2 Å². The molecular formula is C21H25F2N7O2. The Morgan fingerprint density at radius 3 is 2.59 bits per heavy atom. The maximum atomic E-state index is 13.5. The number of alkyl halides is 2. The Morgan fingerprint density at radius 2 is 2.00 bits per heavy atom. The van der Waals surface area contributed by atoms with Crippen molar-refractivity contribution in [3.8, 4) is 0 Å². The Kier molecular flexibility index (Phi) is 4.97. The van der Waals surface area contributed by atoms with Gasteiger partial charge in [-0.3, -0.25) is 9.69 Å². The van der Waals surface area contributed by atoms with Gasteiger partial charge in [0.05, 0.1) is 17.8 Å². The third kappa shape index (κ3) is 3.75. The van der Waals surface area contributed by atoms with E-state index < -0.39 is 24.0 Å². The maximum Gasteiger partial charge on any atom is 0.267 e. The lowest BCUT2D eigenvalue weighted by Gasteiger charge is -2.43. The Bertz CT molecular complexity index is 1040. The van der Waals surface area contributed by atoms with Crippen molar-refractivity contribution in [2.75, 3.05) is 23.3 Å². The van der Waals surface area contributed by atoms with Gasteiger partial charge in [0.1, 0.15) is 17.7 Å². The molecule has 4 heterocycles. The molecule has 3 aliphatic rings. The minimum absolute atomic E-state index is 0.0136. The van der Waals surface area contributed by atoms with Gasteiger partial charge in [0.15, 0.2) is 0 Å². The summed E-state index contributed by atoms with van der Waals surface area (Å²) >= 11 is 0. The minimum atomic E-state index is -2.74. The standard InChI is InChI=1S/C21H25F2N7O2/c1-11-6-12(8-26-17(11)18(24)31)27-20-25-5-4-16(28-20)29-9-13-2-3-14(10-29)30(13)19(32)15-7-21(15,22)23/h4-6,8,13-15,19,32H,2-3,7,9-10H2,1H3,(H2,24,31)(H,25,27,28)/t13-,14+,15-,19?/m0/s1. The summed E-state index contributed by atoms with van der Waals surface area (Å²) in [5.41, 5.74) is 6.79. The van der Waals surface area contributed by atoms with Gasteiger partial charge >= 0.3 is 0 Å². The number of nitrogens with two attached hydrogens (primary N) is 1. The number of aryl methyl sites for hydroxylation is 1. The number of primary amides is 1. The normalized spacial score (nSPS) is 27.2. The molecule has 2 bridgehead atoms. The second kappa shape index (κ2) is 7.59. The second-order valence-electron chi connectivity index (χ2n) is 8.84. The Labute approximate surface area is 183 Å². The van der Waals surface area contributed by atoms with Crippen LogP contribution in [0.1, 0.15) is 35.3 Å². The van der Waals surface area contributed by atoms with Crippen molar-refractivity contribution >= 4 is 23.4 Å². The number of hydrogen-bond acceptors (Lipinski definition) is 8. The smallest absolute Gasteiger partial charge is 0.267 e. The first kappa shape index (κ1) is 21.0. The molecule has 9 nitrogen and oxygen atoms in total. The summed E-state index contributed by atoms with van der Waals surface area (Å²) in [5.74, 6) is -3.18. The van der Waals surface area contributed by atoms with Crippen LogP contribution in [0.4, 0.5) is 26.2 Å². The molecule has 0 spiro atoms. The number of aliphatic hydroxyl groups excluding tert-OH is 1. The highest BCUT2D eigenvalue weighted by Gasteiger charge is 2.63. The summed E-state index contributed by atoms with van der Waals surface area (Å²) in [7, 11) is 0. The number of nitrogens with zero attached hydrogens (tertiary/aromatic N) is 5. The molecule has 1 unspecified atom stereocenters. The molecule has 32 heavy (non-hydrogen) atoms. The van der Waals surface area contributed by atoms with Gasteiger partial charge in [-0.2, -0.15) is 4.98 Å². The number of anilines is 3. The molecule has 2 aliphatic heterocycles. The molecule has 170 valence electrons. The largest absolute Gasteiger partial charge is 0.378 e. The number of rotatable bonds is 6. The van der Waals surface area contributed by atoms with Gasteiger partial charge in [-0.15, -0.1) is 0 Å². The number of carbonyl (C=O) groups is 1. The van der Waals surface area contributed by atoms with E-state index in [0.717, 1.165) is 18.7 Å². The zero-order valence-electron chi connectivity index (χ0n) is 17.6. The number of fused-ring (bicyclic) bond motifs is 2. The van der Waals surface area contributed by atoms with E-state index in [1.54, 1.807) is 19.2 Å². The van der Waals surface area contributed by atoms with Crippen molar-refractivity contribution in [3.05, 3.63) is 35.8 Å². The first-order valence-corrected chi connectivity index (χ1v) is 10.7. The number of pyridine rings is 1. The lowest BCUT2D eigenvalue weighted by atomic mass is 10.1. The average molecular weight is 445 g/mol. The summed E-state index contributed by atoms with van der Waals surface area (Å²) in [5, 5.41) is 13.6. The zero-order valence-corrected chi connectivity index (χ0v) is 17.6. The van der Waals surface area contributed by atoms with E-state index in [4.69, 9.17) is 5.73 Å². The first-order valence-electron chi connectivity index (χ1n) is 10.7. The van der Waals surface area contributed by atoms with E-state index in [2.05, 4.69) is 25.2 Å². The van der Waals surface area contributed by atoms with Crippen LogP contribution in [0.25, 0.3) is 0 Å². The number of amides is 1. The van der Waals surface area contributed by atoms with Crippen molar-refractivity contribution in [2.24, 2.45) is 11.7 Å². The van der Waals surface area contributed by atoms with Crippen molar-refractivity contribution in [3.63, 3.8) is 0 Å². The average Bonchev–Trinajstić information content (AvgIpc) is 3.30. The Balaban J connectivity index is 1.29. The van der Waals surface area contributed by atoms with E-state index in [1.807, 2.05) is 11.0 Å². The van der Waals surface area contributed by atoms with E-state index in [9.17, 15) is 18.7 Å². The van der Waals surface area contributed by atoms with Gasteiger partial charge in [-0.05, 0) is 37.5 Å². The van der Waals surface area contributed by atoms with Gasteiger partial charge in [-0.25, -0.2) is 18.7 Å². The highest BCUT2D eigenvalue weighted by molar-refractivity contribution is 5.92. The zero-order chi connectivity index (χ0) is 22.6. The topological polar surface area (TPSA) is 120 Å². The van der Waals surface area contributed by atoms with Gasteiger partial charge in [0, 0.05) is 37.8 Å². The van der Waals surface area contributed by atoms with Gasteiger partial charge < -0.3 is 21.1 Å². The van der Waals surface area contributed by atoms with Crippen molar-refractivity contribution in [1.29, 1.82) is 0 Å². The number of nitrogens with one attached hydrogen (secondary N) is 1. The molecule has 11 heteroatoms. The molecule has 0 aromatic carbocycles. The summed E-state index contributed by atoms with van der Waals surface area (Å²) in [4.78, 5) is 28.3. The monoisotopic (exact) mass is 445 g/mol. The molecule has 0 radical (unpaired) electrons. The van der Waals surface area contributed by atoms with Gasteiger partial charge in [-0.1, -0.05) is 0 Å². The SMILES string of the molecule is Cc1cc(Nc2nccc(N3C[C@H]4CC[C@@H](C3)N4C(O)[C@@H]3CC3(F)F)n2)cnc1C(N)=O. The summed E-state index contributed by atoms with van der Waals surface area (Å²) in [6.07, 6.45) is 3.55. The van der Waals surface area contributed by atoms with Crippen molar-refractivity contribution in [2.45, 2.75) is 50.4 Å². The number of hydrogen-bond donors (Lipinski definition) is 3. The van der Waals surface area contributed by atoms with Gasteiger partial charge in [0.25, 0.3) is 11.8 Å². The van der Waals surface area contributed by atoms with Crippen LogP contribution in [0, 0.1) is 12.8 Å². The van der Waals surface area contributed by atoms with Crippen molar-refractivity contribution < 1.29 is 18.7 Å². The fourth-order valence-electron chi connectivity index (χ4n) is 4.94. The lowest BCUT2D eigenvalue weighted by molar-refractivity contribution is -0.0734. The lowest BCUT2D eigenvalue weighted by Crippen LogP contribution is -2.58. The summed E-state index contributed by atoms with van der Waals surface area (Å²) in [6.45, 7) is 2.96. The Hall–Kier alpha value is -2.92. The van der Waals surface area contributed by atoms with Crippen LogP contribution < -0.4 is 16.0 Å². The van der Waals surface area contributed by atoms with Crippen LogP contribution in [0.5, 0.6) is 0 Å². The third-order valence-corrected chi connectivity index (χ3v) is 6.61. The number of piperazine rings is 1. The van der Waals surface area contributed by atoms with E-state index in [0.29, 0.717) is 30.3 Å². The number of aliphatic hydroxyl groups is 1. The van der Waals surface area contributed by atoms with Crippen LogP contribution in [0.2, 0.25) is 0 Å². The fraction of sp³-hybridized carbons (Fsp3) is 0.524. The minimum Gasteiger partial charge on any atom is -0.378 e. The molecule has 1 saturated carbocycles. The predicted octanol–water partition coefficient (Wildman–Crippen LogP) is 1.65. The molecule has 2 aromatic heterocycles. The first-order chi connectivity index (χ1) is 15.2.